The largest absolute Gasteiger partial charge is 0.443 e. The van der Waals surface area contributed by atoms with Gasteiger partial charge in [0.15, 0.2) is 5.82 Å². The highest BCUT2D eigenvalue weighted by Crippen LogP contribution is 2.37. The van der Waals surface area contributed by atoms with Crippen molar-refractivity contribution in [2.75, 3.05) is 11.9 Å². The van der Waals surface area contributed by atoms with Crippen molar-refractivity contribution in [3.63, 3.8) is 0 Å². The zero-order valence-electron chi connectivity index (χ0n) is 12.4. The minimum atomic E-state index is -4.69. The molecule has 0 aliphatic rings. The number of aromatic nitrogens is 1. The topological polar surface area (TPSA) is 54.8 Å². The minimum Gasteiger partial charge on any atom is -0.443 e. The van der Waals surface area contributed by atoms with Crippen molar-refractivity contribution in [1.82, 2.24) is 4.98 Å². The molecule has 0 fully saturated rings. The fourth-order valence-electron chi connectivity index (χ4n) is 1.41. The molecule has 0 saturated heterocycles. The molecule has 0 bridgehead atoms. The second kappa shape index (κ2) is 6.41. The lowest BCUT2D eigenvalue weighted by Gasteiger charge is -2.25. The maximum absolute atomic E-state index is 13.0. The van der Waals surface area contributed by atoms with Gasteiger partial charge >= 0.3 is 12.3 Å². The highest BCUT2D eigenvalue weighted by atomic mass is 32.1. The third-order valence-corrected chi connectivity index (χ3v) is 2.46. The van der Waals surface area contributed by atoms with Gasteiger partial charge in [0.05, 0.1) is 17.0 Å². The monoisotopic (exact) mass is 333 g/mol. The Morgan fingerprint density at radius 2 is 2.00 bits per heavy atom. The average Bonchev–Trinajstić information content (AvgIpc) is 2.35. The highest BCUT2D eigenvalue weighted by molar-refractivity contribution is 7.78. The molecule has 0 aromatic carbocycles. The van der Waals surface area contributed by atoms with Crippen LogP contribution >= 0.6 is 12.2 Å². The number of pyridine rings is 1. The highest BCUT2D eigenvalue weighted by Gasteiger charge is 2.35. The van der Waals surface area contributed by atoms with Gasteiger partial charge in [-0.2, -0.15) is 18.2 Å². The second-order valence-electron chi connectivity index (χ2n) is 5.30. The van der Waals surface area contributed by atoms with Gasteiger partial charge in [-0.1, -0.05) is 0 Å². The van der Waals surface area contributed by atoms with E-state index in [1.165, 1.54) is 7.05 Å². The zero-order chi connectivity index (χ0) is 17.1. The first-order chi connectivity index (χ1) is 9.95. The number of nitrogens with zero attached hydrogens (tertiary/aromatic N) is 3. The van der Waals surface area contributed by atoms with Crippen LogP contribution in [0.3, 0.4) is 0 Å². The summed E-state index contributed by atoms with van der Waals surface area (Å²) in [7, 11) is 1.29. The Labute approximate surface area is 130 Å². The van der Waals surface area contributed by atoms with Crippen LogP contribution in [-0.4, -0.2) is 28.9 Å². The molecule has 0 N–H and O–H groups in total. The fraction of sp³-hybridized carbons (Fsp3) is 0.462. The summed E-state index contributed by atoms with van der Waals surface area (Å²) in [5.41, 5.74) is -1.96. The molecule has 0 atom stereocenters. The summed E-state index contributed by atoms with van der Waals surface area (Å²) in [6.45, 7) is 4.94. The van der Waals surface area contributed by atoms with Crippen LogP contribution in [0.2, 0.25) is 0 Å². The number of carbonyl (C=O) groups is 1. The van der Waals surface area contributed by atoms with Crippen molar-refractivity contribution in [3.8, 4) is 0 Å². The van der Waals surface area contributed by atoms with E-state index in [1.54, 1.807) is 20.8 Å². The smallest absolute Gasteiger partial charge is 0.420 e. The van der Waals surface area contributed by atoms with Gasteiger partial charge < -0.3 is 4.74 Å². The number of amides is 1. The Morgan fingerprint density at radius 3 is 2.45 bits per heavy atom. The van der Waals surface area contributed by atoms with E-state index in [9.17, 15) is 18.0 Å². The summed E-state index contributed by atoms with van der Waals surface area (Å²) >= 11 is 4.29. The standard InChI is InChI=1S/C13H14F3N3O2S/c1-12(2,3)21-11(20)19(4)8-5-9(13(14,15)16)10(17-6-8)18-7-22/h5-6H,1-4H3. The Balaban J connectivity index is 3.22. The number of anilines is 1. The van der Waals surface area contributed by atoms with Gasteiger partial charge in [0.1, 0.15) is 11.2 Å². The molecule has 0 aliphatic heterocycles. The lowest BCUT2D eigenvalue weighted by Crippen LogP contribution is -2.34. The number of hydrogen-bond donors (Lipinski definition) is 0. The SMILES string of the molecule is CN(C(=O)OC(C)(C)C)c1cnc(N=C=S)c(C(F)(F)F)c1. The van der Waals surface area contributed by atoms with Gasteiger partial charge in [-0.05, 0) is 39.1 Å². The summed E-state index contributed by atoms with van der Waals surface area (Å²) in [6, 6.07) is 0.752. The van der Waals surface area contributed by atoms with E-state index in [0.717, 1.165) is 17.2 Å². The van der Waals surface area contributed by atoms with E-state index in [0.29, 0.717) is 0 Å². The molecular weight excluding hydrogens is 319 g/mol. The molecule has 1 amide bonds. The average molecular weight is 333 g/mol. The Morgan fingerprint density at radius 1 is 1.41 bits per heavy atom. The number of isothiocyanates is 1. The predicted molar refractivity (Wildman–Crippen MR) is 78.6 cm³/mol. The molecule has 9 heteroatoms. The first-order valence-corrected chi connectivity index (χ1v) is 6.48. The maximum Gasteiger partial charge on any atom is 0.420 e. The van der Waals surface area contributed by atoms with Gasteiger partial charge in [-0.3, -0.25) is 4.90 Å². The van der Waals surface area contributed by atoms with Crippen LogP contribution in [0.4, 0.5) is 29.5 Å². The first kappa shape index (κ1) is 18.1. The van der Waals surface area contributed by atoms with Gasteiger partial charge in [-0.15, -0.1) is 0 Å². The summed E-state index contributed by atoms with van der Waals surface area (Å²) in [4.78, 5) is 19.6. The normalized spacial score (nSPS) is 11.6. The number of thiocarbonyl (C=S) groups is 1. The van der Waals surface area contributed by atoms with E-state index in [2.05, 4.69) is 22.2 Å². The summed E-state index contributed by atoms with van der Waals surface area (Å²) in [5, 5.41) is 1.84. The summed E-state index contributed by atoms with van der Waals surface area (Å²) in [5.74, 6) is -0.608. The molecule has 120 valence electrons. The van der Waals surface area contributed by atoms with E-state index in [-0.39, 0.29) is 5.69 Å². The number of carbonyl (C=O) groups excluding carboxylic acids is 1. The molecular formula is C13H14F3N3O2S. The molecule has 1 rings (SSSR count). The van der Waals surface area contributed by atoms with Crippen molar-refractivity contribution in [1.29, 1.82) is 0 Å². The van der Waals surface area contributed by atoms with Gasteiger partial charge in [0.25, 0.3) is 0 Å². The third kappa shape index (κ3) is 4.78. The van der Waals surface area contributed by atoms with Crippen molar-refractivity contribution >= 4 is 35.0 Å². The molecule has 0 saturated carbocycles. The Kier molecular flexibility index (Phi) is 5.26. The van der Waals surface area contributed by atoms with E-state index in [4.69, 9.17) is 4.74 Å². The Bertz CT molecular complexity index is 620. The van der Waals surface area contributed by atoms with E-state index < -0.39 is 29.3 Å². The van der Waals surface area contributed by atoms with E-state index >= 15 is 0 Å². The van der Waals surface area contributed by atoms with Crippen LogP contribution in [0.1, 0.15) is 26.3 Å². The molecule has 0 spiro atoms. The molecule has 22 heavy (non-hydrogen) atoms. The van der Waals surface area contributed by atoms with Crippen LogP contribution in [0.15, 0.2) is 17.3 Å². The lowest BCUT2D eigenvalue weighted by molar-refractivity contribution is -0.137. The number of ether oxygens (including phenoxy) is 1. The quantitative estimate of drug-likeness (QED) is 0.601. The molecule has 5 nitrogen and oxygen atoms in total. The number of rotatable bonds is 2. The van der Waals surface area contributed by atoms with Crippen molar-refractivity contribution in [2.45, 2.75) is 32.5 Å². The Hall–Kier alpha value is -1.99. The first-order valence-electron chi connectivity index (χ1n) is 6.07. The number of alkyl halides is 3. The molecule has 0 unspecified atom stereocenters. The van der Waals surface area contributed by atoms with Crippen molar-refractivity contribution < 1.29 is 22.7 Å². The minimum absolute atomic E-state index is 0.0788. The predicted octanol–water partition coefficient (Wildman–Crippen LogP) is 4.21. The van der Waals surface area contributed by atoms with E-state index in [1.807, 2.05) is 5.16 Å². The van der Waals surface area contributed by atoms with Gasteiger partial charge in [0, 0.05) is 7.05 Å². The molecule has 0 aliphatic carbocycles. The zero-order valence-corrected chi connectivity index (χ0v) is 13.2. The fourth-order valence-corrected chi connectivity index (χ4v) is 1.49. The van der Waals surface area contributed by atoms with Crippen LogP contribution < -0.4 is 4.90 Å². The lowest BCUT2D eigenvalue weighted by atomic mass is 10.2. The van der Waals surface area contributed by atoms with Crippen molar-refractivity contribution in [3.05, 3.63) is 17.8 Å². The van der Waals surface area contributed by atoms with Gasteiger partial charge in [0.2, 0.25) is 0 Å². The number of halogens is 3. The van der Waals surface area contributed by atoms with Crippen LogP contribution in [0.5, 0.6) is 0 Å². The summed E-state index contributed by atoms with van der Waals surface area (Å²) in [6.07, 6.45) is -4.42. The van der Waals surface area contributed by atoms with Crippen LogP contribution in [0.25, 0.3) is 0 Å². The summed E-state index contributed by atoms with van der Waals surface area (Å²) < 4.78 is 44.1. The van der Waals surface area contributed by atoms with Gasteiger partial charge in [-0.25, -0.2) is 9.78 Å². The number of aliphatic imine (C=N–C) groups is 1. The van der Waals surface area contributed by atoms with Crippen LogP contribution in [0, 0.1) is 0 Å². The molecule has 1 heterocycles. The van der Waals surface area contributed by atoms with Crippen LogP contribution in [-0.2, 0) is 10.9 Å². The van der Waals surface area contributed by atoms with Crippen molar-refractivity contribution in [2.24, 2.45) is 4.99 Å². The molecule has 1 aromatic heterocycles. The maximum atomic E-state index is 13.0. The third-order valence-electron chi connectivity index (χ3n) is 2.36. The number of hydrogen-bond acceptors (Lipinski definition) is 5. The second-order valence-corrected chi connectivity index (χ2v) is 5.49. The molecule has 0 radical (unpaired) electrons. The molecule has 1 aromatic rings.